The third kappa shape index (κ3) is 0.697. The van der Waals surface area contributed by atoms with E-state index in [1.54, 1.807) is 0 Å². The molecule has 0 bridgehead atoms. The van der Waals surface area contributed by atoms with Crippen LogP contribution in [0, 0.1) is 0 Å². The third-order valence-electron chi connectivity index (χ3n) is 1.03. The van der Waals surface area contributed by atoms with Crippen LogP contribution in [0.25, 0.3) is 0 Å². The van der Waals surface area contributed by atoms with Crippen LogP contribution in [0.2, 0.25) is 0 Å². The summed E-state index contributed by atoms with van der Waals surface area (Å²) in [6, 6.07) is 0. The average Bonchev–Trinajstić information content (AvgIpc) is 2.35. The van der Waals surface area contributed by atoms with Crippen LogP contribution in [0.4, 0.5) is 0 Å². The van der Waals surface area contributed by atoms with Crippen LogP contribution in [-0.2, 0) is 4.79 Å². The standard InChI is InChI=1S/C4H4N4O2/c1-2-4(3(9)10)5-7-8-6-4/h2H,1H2,(H,9,10). The average molecular weight is 140 g/mol. The predicted molar refractivity (Wildman–Crippen MR) is 30.3 cm³/mol. The van der Waals surface area contributed by atoms with Crippen molar-refractivity contribution in [1.82, 2.24) is 0 Å². The summed E-state index contributed by atoms with van der Waals surface area (Å²) in [6.07, 6.45) is 1.06. The molecule has 0 spiro atoms. The van der Waals surface area contributed by atoms with Crippen LogP contribution in [-0.4, -0.2) is 16.7 Å². The second-order valence-electron chi connectivity index (χ2n) is 1.61. The minimum absolute atomic E-state index is 1.06. The fourth-order valence-corrected chi connectivity index (χ4v) is 0.451. The van der Waals surface area contributed by atoms with Gasteiger partial charge in [0.2, 0.25) is 0 Å². The van der Waals surface area contributed by atoms with Crippen molar-refractivity contribution in [3.05, 3.63) is 12.7 Å². The maximum atomic E-state index is 10.4. The molecule has 1 aliphatic rings. The molecule has 0 unspecified atom stereocenters. The van der Waals surface area contributed by atoms with Crippen molar-refractivity contribution >= 4 is 5.97 Å². The topological polar surface area (TPSA) is 86.7 Å². The van der Waals surface area contributed by atoms with Crippen molar-refractivity contribution in [2.45, 2.75) is 5.66 Å². The van der Waals surface area contributed by atoms with Crippen LogP contribution in [0.15, 0.2) is 33.3 Å². The number of carboxylic acid groups (broad SMARTS) is 1. The molecule has 52 valence electrons. The molecule has 0 saturated carbocycles. The summed E-state index contributed by atoms with van der Waals surface area (Å²) in [5.74, 6) is -1.23. The van der Waals surface area contributed by atoms with Crippen molar-refractivity contribution in [3.63, 3.8) is 0 Å². The Morgan fingerprint density at radius 2 is 2.00 bits per heavy atom. The minimum Gasteiger partial charge on any atom is -0.478 e. The molecular weight excluding hydrogens is 136 g/mol. The molecule has 6 nitrogen and oxygen atoms in total. The monoisotopic (exact) mass is 140 g/mol. The van der Waals surface area contributed by atoms with Crippen molar-refractivity contribution in [3.8, 4) is 0 Å². The van der Waals surface area contributed by atoms with Gasteiger partial charge in [-0.15, -0.1) is 10.2 Å². The summed E-state index contributed by atoms with van der Waals surface area (Å²) >= 11 is 0. The lowest BCUT2D eigenvalue weighted by atomic mass is 10.2. The molecule has 0 saturated heterocycles. The van der Waals surface area contributed by atoms with Gasteiger partial charge < -0.3 is 5.11 Å². The van der Waals surface area contributed by atoms with Gasteiger partial charge in [0, 0.05) is 0 Å². The number of carbonyl (C=O) groups is 1. The van der Waals surface area contributed by atoms with Gasteiger partial charge in [0.05, 0.1) is 0 Å². The molecule has 1 aliphatic heterocycles. The first-order valence-corrected chi connectivity index (χ1v) is 2.42. The maximum Gasteiger partial charge on any atom is 0.362 e. The Kier molecular flexibility index (Phi) is 1.29. The Morgan fingerprint density at radius 3 is 2.20 bits per heavy atom. The van der Waals surface area contributed by atoms with Gasteiger partial charge in [-0.2, -0.15) is 0 Å². The van der Waals surface area contributed by atoms with Crippen LogP contribution in [0.1, 0.15) is 0 Å². The molecule has 0 amide bonds. The molecule has 0 radical (unpaired) electrons. The van der Waals surface area contributed by atoms with Crippen LogP contribution in [0.3, 0.4) is 0 Å². The second kappa shape index (κ2) is 1.98. The predicted octanol–water partition coefficient (Wildman–Crippen LogP) is 0.786. The minimum atomic E-state index is -1.67. The Bertz CT molecular complexity index is 219. The number of rotatable bonds is 2. The van der Waals surface area contributed by atoms with Gasteiger partial charge in [0.15, 0.2) is 0 Å². The lowest BCUT2D eigenvalue weighted by Gasteiger charge is -2.05. The maximum absolute atomic E-state index is 10.4. The Morgan fingerprint density at radius 1 is 1.50 bits per heavy atom. The molecule has 1 rings (SSSR count). The highest BCUT2D eigenvalue weighted by Gasteiger charge is 2.38. The summed E-state index contributed by atoms with van der Waals surface area (Å²) in [6.45, 7) is 3.25. The number of aliphatic carboxylic acids is 1. The molecular formula is C4H4N4O2. The molecule has 0 aromatic heterocycles. The van der Waals surface area contributed by atoms with Crippen molar-refractivity contribution in [2.24, 2.45) is 20.7 Å². The van der Waals surface area contributed by atoms with Crippen LogP contribution >= 0.6 is 0 Å². The molecule has 10 heavy (non-hydrogen) atoms. The number of nitrogens with zero attached hydrogens (tertiary/aromatic N) is 4. The van der Waals surface area contributed by atoms with Crippen molar-refractivity contribution < 1.29 is 9.90 Å². The van der Waals surface area contributed by atoms with Gasteiger partial charge in [0.25, 0.3) is 0 Å². The van der Waals surface area contributed by atoms with E-state index in [4.69, 9.17) is 5.11 Å². The summed E-state index contributed by atoms with van der Waals surface area (Å²) in [5, 5.41) is 21.1. The first-order chi connectivity index (χ1) is 4.71. The highest BCUT2D eigenvalue weighted by Crippen LogP contribution is 2.20. The largest absolute Gasteiger partial charge is 0.478 e. The molecule has 0 aromatic rings. The summed E-state index contributed by atoms with van der Waals surface area (Å²) in [4.78, 5) is 10.4. The lowest BCUT2D eigenvalue weighted by molar-refractivity contribution is -0.141. The van der Waals surface area contributed by atoms with Crippen molar-refractivity contribution in [1.29, 1.82) is 0 Å². The SMILES string of the molecule is C=CC1(C(=O)O)N=NN=N1. The van der Waals surface area contributed by atoms with E-state index in [1.165, 1.54) is 0 Å². The Balaban J connectivity index is 3.01. The Labute approximate surface area is 56.0 Å². The zero-order chi connectivity index (χ0) is 7.61. The van der Waals surface area contributed by atoms with E-state index in [9.17, 15) is 4.79 Å². The summed E-state index contributed by atoms with van der Waals surface area (Å²) in [7, 11) is 0. The van der Waals surface area contributed by atoms with E-state index in [1.807, 2.05) is 0 Å². The van der Waals surface area contributed by atoms with E-state index in [0.717, 1.165) is 6.08 Å². The molecule has 0 fully saturated rings. The molecule has 0 aromatic carbocycles. The molecule has 0 aliphatic carbocycles. The van der Waals surface area contributed by atoms with E-state index in [-0.39, 0.29) is 0 Å². The van der Waals surface area contributed by atoms with E-state index in [0.29, 0.717) is 0 Å². The second-order valence-corrected chi connectivity index (χ2v) is 1.61. The van der Waals surface area contributed by atoms with E-state index in [2.05, 4.69) is 27.3 Å². The van der Waals surface area contributed by atoms with Gasteiger partial charge >= 0.3 is 11.6 Å². The van der Waals surface area contributed by atoms with Crippen molar-refractivity contribution in [2.75, 3.05) is 0 Å². The third-order valence-corrected chi connectivity index (χ3v) is 1.03. The summed E-state index contributed by atoms with van der Waals surface area (Å²) < 4.78 is 0. The first kappa shape index (κ1) is 6.53. The molecule has 0 atom stereocenters. The smallest absolute Gasteiger partial charge is 0.362 e. The lowest BCUT2D eigenvalue weighted by Crippen LogP contribution is -2.29. The van der Waals surface area contributed by atoms with Gasteiger partial charge in [0.1, 0.15) is 0 Å². The fraction of sp³-hybridized carbons (Fsp3) is 0.250. The van der Waals surface area contributed by atoms with E-state index < -0.39 is 11.6 Å². The van der Waals surface area contributed by atoms with Crippen LogP contribution in [0.5, 0.6) is 0 Å². The van der Waals surface area contributed by atoms with Gasteiger partial charge in [-0.1, -0.05) is 6.58 Å². The fourth-order valence-electron chi connectivity index (χ4n) is 0.451. The number of carboxylic acids is 1. The zero-order valence-electron chi connectivity index (χ0n) is 4.93. The highest BCUT2D eigenvalue weighted by molar-refractivity contribution is 5.81. The highest BCUT2D eigenvalue weighted by atomic mass is 16.4. The van der Waals surface area contributed by atoms with Gasteiger partial charge in [-0.25, -0.2) is 4.79 Å². The summed E-state index contributed by atoms with van der Waals surface area (Å²) in [5.41, 5.74) is -1.67. The Hall–Kier alpha value is -1.59. The molecule has 1 heterocycles. The number of hydrogen-bond acceptors (Lipinski definition) is 5. The molecule has 1 N–H and O–H groups in total. The zero-order valence-corrected chi connectivity index (χ0v) is 4.93. The quantitative estimate of drug-likeness (QED) is 0.574. The van der Waals surface area contributed by atoms with E-state index >= 15 is 0 Å². The normalized spacial score (nSPS) is 19.2. The van der Waals surface area contributed by atoms with Gasteiger partial charge in [-0.05, 0) is 16.5 Å². The van der Waals surface area contributed by atoms with Crippen LogP contribution < -0.4 is 0 Å². The first-order valence-electron chi connectivity index (χ1n) is 2.42. The molecule has 6 heteroatoms. The number of hydrogen-bond donors (Lipinski definition) is 1. The van der Waals surface area contributed by atoms with Gasteiger partial charge in [-0.3, -0.25) is 0 Å².